The minimum Gasteiger partial charge on any atom is -0.426 e. The number of anilines is 1. The highest BCUT2D eigenvalue weighted by molar-refractivity contribution is 5.72. The molecule has 1 unspecified atom stereocenters. The minimum atomic E-state index is -0.567. The van der Waals surface area contributed by atoms with E-state index >= 15 is 0 Å². The average Bonchev–Trinajstić information content (AvgIpc) is 2.73. The van der Waals surface area contributed by atoms with Crippen LogP contribution in [0.15, 0.2) is 67.0 Å². The zero-order valence-corrected chi connectivity index (χ0v) is 15.1. The molecule has 2 aromatic carbocycles. The Hall–Kier alpha value is -3.81. The summed E-state index contributed by atoms with van der Waals surface area (Å²) in [6.45, 7) is 1.71. The molecular formula is C20H18N4O4. The molecule has 142 valence electrons. The van der Waals surface area contributed by atoms with Crippen molar-refractivity contribution in [3.05, 3.63) is 88.2 Å². The van der Waals surface area contributed by atoms with Gasteiger partial charge in [0.2, 0.25) is 5.95 Å². The average molecular weight is 378 g/mol. The van der Waals surface area contributed by atoms with E-state index in [0.717, 1.165) is 0 Å². The van der Waals surface area contributed by atoms with Gasteiger partial charge >= 0.3 is 5.97 Å². The van der Waals surface area contributed by atoms with Gasteiger partial charge in [0.25, 0.3) is 5.69 Å². The number of nitro benzene ring substituents is 1. The number of nitrogens with zero attached hydrogens (tertiary/aromatic N) is 3. The lowest BCUT2D eigenvalue weighted by Crippen LogP contribution is -2.17. The highest BCUT2D eigenvalue weighted by Crippen LogP contribution is 2.33. The number of rotatable bonds is 7. The van der Waals surface area contributed by atoms with Gasteiger partial charge in [-0.1, -0.05) is 37.3 Å². The molecule has 1 aromatic heterocycles. The third kappa shape index (κ3) is 4.47. The Balaban J connectivity index is 2.08. The summed E-state index contributed by atoms with van der Waals surface area (Å²) in [5.41, 5.74) is 1.21. The summed E-state index contributed by atoms with van der Waals surface area (Å²) in [6.07, 6.45) is 3.40. The van der Waals surface area contributed by atoms with Crippen molar-refractivity contribution in [3.8, 4) is 5.75 Å². The topological polar surface area (TPSA) is 107 Å². The lowest BCUT2D eigenvalue weighted by molar-refractivity contribution is -0.384. The number of esters is 1. The molecule has 0 saturated carbocycles. The monoisotopic (exact) mass is 378 g/mol. The van der Waals surface area contributed by atoms with Gasteiger partial charge in [0.05, 0.1) is 11.0 Å². The number of nitro groups is 1. The lowest BCUT2D eigenvalue weighted by atomic mass is 9.97. The summed E-state index contributed by atoms with van der Waals surface area (Å²) < 4.78 is 5.46. The van der Waals surface area contributed by atoms with Crippen molar-refractivity contribution in [1.82, 2.24) is 9.97 Å². The Morgan fingerprint density at radius 1 is 1.14 bits per heavy atom. The fourth-order valence-corrected chi connectivity index (χ4v) is 2.67. The molecular weight excluding hydrogens is 360 g/mol. The summed E-state index contributed by atoms with van der Waals surface area (Å²) >= 11 is 0. The normalized spacial score (nSPS) is 11.5. The number of para-hydroxylation sites is 1. The molecule has 0 fully saturated rings. The smallest absolute Gasteiger partial charge is 0.310 e. The Morgan fingerprint density at radius 2 is 1.89 bits per heavy atom. The van der Waals surface area contributed by atoms with Gasteiger partial charge in [-0.25, -0.2) is 9.97 Å². The second-order valence-electron chi connectivity index (χ2n) is 5.87. The predicted octanol–water partition coefficient (Wildman–Crippen LogP) is 3.90. The van der Waals surface area contributed by atoms with E-state index < -0.39 is 11.0 Å². The molecule has 0 amide bonds. The van der Waals surface area contributed by atoms with Crippen LogP contribution in [0, 0.1) is 10.1 Å². The number of hydrogen-bond acceptors (Lipinski definition) is 7. The lowest BCUT2D eigenvalue weighted by Gasteiger charge is -2.22. The molecule has 1 N–H and O–H groups in total. The van der Waals surface area contributed by atoms with Crippen LogP contribution in [0.25, 0.3) is 0 Å². The van der Waals surface area contributed by atoms with E-state index in [4.69, 9.17) is 4.74 Å². The van der Waals surface area contributed by atoms with E-state index in [9.17, 15) is 14.9 Å². The van der Waals surface area contributed by atoms with Gasteiger partial charge < -0.3 is 10.1 Å². The Bertz CT molecular complexity index is 979. The first-order valence-corrected chi connectivity index (χ1v) is 8.66. The molecule has 3 rings (SSSR count). The summed E-state index contributed by atoms with van der Waals surface area (Å²) in [5, 5.41) is 14.4. The minimum absolute atomic E-state index is 0.0404. The largest absolute Gasteiger partial charge is 0.426 e. The number of carbonyl (C=O) groups is 1. The third-order valence-electron chi connectivity index (χ3n) is 4.00. The van der Waals surface area contributed by atoms with Crippen LogP contribution in [0.5, 0.6) is 5.75 Å². The molecule has 0 aliphatic carbocycles. The van der Waals surface area contributed by atoms with Crippen molar-refractivity contribution in [3.63, 3.8) is 0 Å². The first kappa shape index (κ1) is 19.0. The maximum atomic E-state index is 11.8. The number of hydrogen-bond donors (Lipinski definition) is 1. The second kappa shape index (κ2) is 8.72. The first-order chi connectivity index (χ1) is 13.6. The van der Waals surface area contributed by atoms with Crippen LogP contribution in [-0.2, 0) is 4.79 Å². The van der Waals surface area contributed by atoms with Crippen LogP contribution in [0.4, 0.5) is 11.6 Å². The Morgan fingerprint density at radius 3 is 2.61 bits per heavy atom. The number of benzene rings is 2. The van der Waals surface area contributed by atoms with Crippen molar-refractivity contribution in [2.45, 2.75) is 19.4 Å². The summed E-state index contributed by atoms with van der Waals surface area (Å²) in [4.78, 5) is 30.9. The van der Waals surface area contributed by atoms with Crippen molar-refractivity contribution < 1.29 is 14.5 Å². The zero-order valence-electron chi connectivity index (χ0n) is 15.1. The van der Waals surface area contributed by atoms with Gasteiger partial charge in [-0.15, -0.1) is 0 Å². The number of carbonyl (C=O) groups excluding carboxylic acids is 1. The van der Waals surface area contributed by atoms with Crippen LogP contribution in [0.1, 0.15) is 30.5 Å². The van der Waals surface area contributed by atoms with Gasteiger partial charge in [0.15, 0.2) is 0 Å². The van der Waals surface area contributed by atoms with Gasteiger partial charge in [-0.3, -0.25) is 14.9 Å². The number of non-ortho nitro benzene ring substituents is 1. The van der Waals surface area contributed by atoms with Crippen molar-refractivity contribution >= 4 is 17.6 Å². The maximum absolute atomic E-state index is 11.8. The molecule has 28 heavy (non-hydrogen) atoms. The first-order valence-electron chi connectivity index (χ1n) is 8.66. The van der Waals surface area contributed by atoms with Crippen LogP contribution < -0.4 is 10.1 Å². The zero-order chi connectivity index (χ0) is 19.9. The molecule has 0 bridgehead atoms. The van der Waals surface area contributed by atoms with Crippen molar-refractivity contribution in [2.75, 3.05) is 5.32 Å². The number of aromatic nitrogens is 2. The van der Waals surface area contributed by atoms with Crippen LogP contribution >= 0.6 is 0 Å². The van der Waals surface area contributed by atoms with E-state index in [1.165, 1.54) is 12.1 Å². The molecule has 8 heteroatoms. The second-order valence-corrected chi connectivity index (χ2v) is 5.87. The highest BCUT2D eigenvalue weighted by Gasteiger charge is 2.22. The van der Waals surface area contributed by atoms with Crippen LogP contribution in [-0.4, -0.2) is 20.9 Å². The van der Waals surface area contributed by atoms with Crippen molar-refractivity contribution in [2.24, 2.45) is 0 Å². The molecule has 1 heterocycles. The van der Waals surface area contributed by atoms with Gasteiger partial charge in [0, 0.05) is 36.5 Å². The summed E-state index contributed by atoms with van der Waals surface area (Å²) in [6, 6.07) is 14.4. The maximum Gasteiger partial charge on any atom is 0.310 e. The van der Waals surface area contributed by atoms with E-state index in [0.29, 0.717) is 22.8 Å². The molecule has 0 spiro atoms. The quantitative estimate of drug-likeness (QED) is 0.287. The Kier molecular flexibility index (Phi) is 5.91. The van der Waals surface area contributed by atoms with Gasteiger partial charge in [-0.2, -0.15) is 0 Å². The molecule has 8 nitrogen and oxygen atoms in total. The fraction of sp³-hybridized carbons (Fsp3) is 0.150. The summed E-state index contributed by atoms with van der Waals surface area (Å²) in [7, 11) is 0. The molecule has 0 saturated heterocycles. The van der Waals surface area contributed by atoms with Gasteiger partial charge in [0.1, 0.15) is 5.75 Å². The predicted molar refractivity (Wildman–Crippen MR) is 103 cm³/mol. The molecule has 0 aliphatic heterocycles. The van der Waals surface area contributed by atoms with E-state index in [-0.39, 0.29) is 18.1 Å². The molecule has 3 aromatic rings. The summed E-state index contributed by atoms with van der Waals surface area (Å²) in [5.74, 6) is 0.339. The van der Waals surface area contributed by atoms with E-state index in [1.54, 1.807) is 61.8 Å². The van der Waals surface area contributed by atoms with Crippen LogP contribution in [0.3, 0.4) is 0 Å². The van der Waals surface area contributed by atoms with Gasteiger partial charge in [-0.05, 0) is 17.7 Å². The van der Waals surface area contributed by atoms with Crippen molar-refractivity contribution in [1.29, 1.82) is 0 Å². The van der Waals surface area contributed by atoms with Crippen LogP contribution in [0.2, 0.25) is 0 Å². The molecule has 0 aliphatic rings. The SMILES string of the molecule is CCC(=O)Oc1ccccc1C(Nc1ncccn1)c1cccc([N+](=O)[O-])c1. The third-order valence-corrected chi connectivity index (χ3v) is 4.00. The van der Waals surface area contributed by atoms with E-state index in [2.05, 4.69) is 15.3 Å². The molecule has 1 atom stereocenters. The number of nitrogens with one attached hydrogen (secondary N) is 1. The molecule has 0 radical (unpaired) electrons. The fourth-order valence-electron chi connectivity index (χ4n) is 2.67. The Labute approximate surface area is 161 Å². The standard InChI is InChI=1S/C20H18N4O4/c1-2-18(25)28-17-10-4-3-9-16(17)19(23-20-21-11-6-12-22-20)14-7-5-8-15(13-14)24(26)27/h3-13,19H,2H2,1H3,(H,21,22,23). The van der Waals surface area contributed by atoms with E-state index in [1.807, 2.05) is 0 Å². The highest BCUT2D eigenvalue weighted by atomic mass is 16.6. The number of ether oxygens (including phenoxy) is 1.